The first kappa shape index (κ1) is 22.7. The van der Waals surface area contributed by atoms with Gasteiger partial charge in [0.1, 0.15) is 5.75 Å². The summed E-state index contributed by atoms with van der Waals surface area (Å²) < 4.78 is 50.5. The van der Waals surface area contributed by atoms with E-state index in [9.17, 15) is 12.6 Å². The van der Waals surface area contributed by atoms with Crippen LogP contribution in [0, 0.1) is 0 Å². The molecule has 0 fully saturated rings. The normalized spacial score (nSPS) is 12.7. The Morgan fingerprint density at radius 1 is 0.852 bits per heavy atom. The zero-order valence-corrected chi connectivity index (χ0v) is 18.0. The second-order valence-corrected chi connectivity index (χ2v) is 8.95. The van der Waals surface area contributed by atoms with E-state index >= 15 is 0 Å². The SMILES string of the molecule is O=S(OCCCOS(=O)(=O)c1ccc(Cl)c(Cl)c1)Oc1ccc(Cl)c(Cl)c1. The van der Waals surface area contributed by atoms with Crippen LogP contribution >= 0.6 is 46.4 Å². The summed E-state index contributed by atoms with van der Waals surface area (Å²) in [7, 11) is -3.99. The Hall–Kier alpha value is -0.580. The summed E-state index contributed by atoms with van der Waals surface area (Å²) in [4.78, 5) is -0.121. The van der Waals surface area contributed by atoms with Crippen LogP contribution in [0.2, 0.25) is 20.1 Å². The Morgan fingerprint density at radius 3 is 2.11 bits per heavy atom. The third kappa shape index (κ3) is 7.07. The number of hydrogen-bond donors (Lipinski definition) is 0. The van der Waals surface area contributed by atoms with Crippen molar-refractivity contribution in [1.29, 1.82) is 0 Å². The molecule has 0 bridgehead atoms. The largest absolute Gasteiger partial charge is 0.380 e. The summed E-state index contributed by atoms with van der Waals surface area (Å²) >= 11 is 21.0. The van der Waals surface area contributed by atoms with Crippen LogP contribution in [0.15, 0.2) is 41.3 Å². The van der Waals surface area contributed by atoms with Gasteiger partial charge in [0.2, 0.25) is 0 Å². The lowest BCUT2D eigenvalue weighted by molar-refractivity contribution is 0.251. The quantitative estimate of drug-likeness (QED) is 0.358. The Labute approximate surface area is 179 Å². The molecular weight excluding hydrogens is 482 g/mol. The first-order valence-corrected chi connectivity index (χ1v) is 11.1. The number of rotatable bonds is 9. The molecule has 0 amide bonds. The van der Waals surface area contributed by atoms with Gasteiger partial charge in [-0.15, -0.1) is 0 Å². The lowest BCUT2D eigenvalue weighted by Gasteiger charge is -2.07. The average Bonchev–Trinajstić information content (AvgIpc) is 2.60. The first-order valence-electron chi connectivity index (χ1n) is 7.22. The Balaban J connectivity index is 1.75. The van der Waals surface area contributed by atoms with Crippen LogP contribution in [0.1, 0.15) is 6.42 Å². The van der Waals surface area contributed by atoms with Crippen molar-refractivity contribution in [2.45, 2.75) is 11.3 Å². The molecule has 2 rings (SSSR count). The number of benzene rings is 2. The summed E-state index contributed by atoms with van der Waals surface area (Å²) in [6.07, 6.45) is 0.150. The topological polar surface area (TPSA) is 78.9 Å². The minimum atomic E-state index is -3.99. The summed E-state index contributed by atoms with van der Waals surface area (Å²) in [6.45, 7) is -0.253. The number of halogens is 4. The predicted octanol–water partition coefficient (Wildman–Crippen LogP) is 5.07. The second-order valence-electron chi connectivity index (χ2n) is 4.89. The fourth-order valence-corrected chi connectivity index (χ4v) is 3.87. The highest BCUT2D eigenvalue weighted by Gasteiger charge is 2.16. The molecule has 1 unspecified atom stereocenters. The average molecular weight is 494 g/mol. The second kappa shape index (κ2) is 10.3. The van der Waals surface area contributed by atoms with Crippen molar-refractivity contribution in [3.8, 4) is 5.75 Å². The van der Waals surface area contributed by atoms with Crippen LogP contribution in [-0.4, -0.2) is 25.8 Å². The molecule has 2 aromatic rings. The molecule has 0 saturated heterocycles. The van der Waals surface area contributed by atoms with Gasteiger partial charge in [0.15, 0.2) is 0 Å². The molecule has 0 aliphatic heterocycles. The Bertz CT molecular complexity index is 936. The molecule has 0 heterocycles. The molecule has 0 N–H and O–H groups in total. The van der Waals surface area contributed by atoms with Crippen LogP contribution in [-0.2, 0) is 29.8 Å². The van der Waals surface area contributed by atoms with Gasteiger partial charge in [0, 0.05) is 6.07 Å². The third-order valence-corrected chi connectivity index (χ3v) is 6.42. The van der Waals surface area contributed by atoms with E-state index in [-0.39, 0.29) is 45.3 Å². The fraction of sp³-hybridized carbons (Fsp3) is 0.200. The van der Waals surface area contributed by atoms with E-state index in [4.69, 9.17) is 59.0 Å². The van der Waals surface area contributed by atoms with Crippen molar-refractivity contribution in [1.82, 2.24) is 0 Å². The summed E-state index contributed by atoms with van der Waals surface area (Å²) in [5.41, 5.74) is 0. The molecular formula is C15H12Cl4O6S2. The highest BCUT2D eigenvalue weighted by atomic mass is 35.5. The first-order chi connectivity index (χ1) is 12.7. The van der Waals surface area contributed by atoms with E-state index in [2.05, 4.69) is 0 Å². The van der Waals surface area contributed by atoms with Gasteiger partial charge in [0.25, 0.3) is 10.1 Å². The van der Waals surface area contributed by atoms with E-state index in [1.165, 1.54) is 36.4 Å². The lowest BCUT2D eigenvalue weighted by atomic mass is 10.3. The van der Waals surface area contributed by atoms with Gasteiger partial charge >= 0.3 is 11.4 Å². The minimum absolute atomic E-state index is 0.0647. The van der Waals surface area contributed by atoms with Gasteiger partial charge in [-0.2, -0.15) is 12.6 Å². The lowest BCUT2D eigenvalue weighted by Crippen LogP contribution is -2.11. The maximum absolute atomic E-state index is 12.0. The molecule has 0 aliphatic rings. The summed E-state index contributed by atoms with van der Waals surface area (Å²) in [5.74, 6) is 0.209. The van der Waals surface area contributed by atoms with Gasteiger partial charge in [-0.3, -0.25) is 8.37 Å². The molecule has 0 aromatic heterocycles. The van der Waals surface area contributed by atoms with Gasteiger partial charge < -0.3 is 4.18 Å². The highest BCUT2D eigenvalue weighted by Crippen LogP contribution is 2.27. The van der Waals surface area contributed by atoms with Gasteiger partial charge in [-0.25, -0.2) is 0 Å². The molecule has 27 heavy (non-hydrogen) atoms. The minimum Gasteiger partial charge on any atom is -0.380 e. The van der Waals surface area contributed by atoms with Crippen LogP contribution in [0.3, 0.4) is 0 Å². The fourth-order valence-electron chi connectivity index (χ4n) is 1.69. The van der Waals surface area contributed by atoms with Crippen molar-refractivity contribution in [2.75, 3.05) is 13.2 Å². The standard InChI is InChI=1S/C15H12Cl4O6S2/c16-12-4-2-10(8-14(12)18)25-26(20)23-6-1-7-24-27(21,22)11-3-5-13(17)15(19)9-11/h2-5,8-9H,1,6-7H2. The van der Waals surface area contributed by atoms with Crippen molar-refractivity contribution in [3.05, 3.63) is 56.5 Å². The predicted molar refractivity (Wildman–Crippen MR) is 105 cm³/mol. The summed E-state index contributed by atoms with van der Waals surface area (Å²) in [5, 5.41) is 0.899. The molecule has 0 radical (unpaired) electrons. The van der Waals surface area contributed by atoms with E-state index in [1.807, 2.05) is 0 Å². The van der Waals surface area contributed by atoms with Crippen LogP contribution in [0.5, 0.6) is 5.75 Å². The molecule has 0 spiro atoms. The van der Waals surface area contributed by atoms with Crippen molar-refractivity contribution < 1.29 is 25.2 Å². The highest BCUT2D eigenvalue weighted by molar-refractivity contribution is 7.86. The van der Waals surface area contributed by atoms with E-state index in [1.54, 1.807) is 0 Å². The molecule has 0 saturated carbocycles. The molecule has 0 aliphatic carbocycles. The molecule has 148 valence electrons. The van der Waals surface area contributed by atoms with Crippen molar-refractivity contribution in [2.24, 2.45) is 0 Å². The Morgan fingerprint density at radius 2 is 1.48 bits per heavy atom. The molecule has 6 nitrogen and oxygen atoms in total. The summed E-state index contributed by atoms with van der Waals surface area (Å²) in [6, 6.07) is 8.17. The monoisotopic (exact) mass is 492 g/mol. The van der Waals surface area contributed by atoms with Crippen molar-refractivity contribution in [3.63, 3.8) is 0 Å². The van der Waals surface area contributed by atoms with Gasteiger partial charge in [0.05, 0.1) is 38.2 Å². The molecule has 2 aromatic carbocycles. The Kier molecular flexibility index (Phi) is 8.64. The van der Waals surface area contributed by atoms with E-state index in [0.717, 1.165) is 0 Å². The van der Waals surface area contributed by atoms with Crippen LogP contribution in [0.25, 0.3) is 0 Å². The zero-order valence-electron chi connectivity index (χ0n) is 13.4. The zero-order chi connectivity index (χ0) is 20.0. The maximum atomic E-state index is 12.0. The van der Waals surface area contributed by atoms with Crippen LogP contribution in [0.4, 0.5) is 0 Å². The van der Waals surface area contributed by atoms with E-state index in [0.29, 0.717) is 5.02 Å². The molecule has 1 atom stereocenters. The van der Waals surface area contributed by atoms with Crippen LogP contribution < -0.4 is 4.18 Å². The smallest absolute Gasteiger partial charge is 0.360 e. The molecule has 12 heteroatoms. The third-order valence-electron chi connectivity index (χ3n) is 2.94. The van der Waals surface area contributed by atoms with Crippen molar-refractivity contribution >= 4 is 67.9 Å². The van der Waals surface area contributed by atoms with Gasteiger partial charge in [-0.1, -0.05) is 46.4 Å². The maximum Gasteiger partial charge on any atom is 0.360 e. The number of hydrogen-bond acceptors (Lipinski definition) is 6. The van der Waals surface area contributed by atoms with Gasteiger partial charge in [-0.05, 0) is 36.8 Å². The van der Waals surface area contributed by atoms with E-state index < -0.39 is 21.5 Å².